The third-order valence-corrected chi connectivity index (χ3v) is 6.86. The van der Waals surface area contributed by atoms with E-state index in [1.165, 1.54) is 11.8 Å². The zero-order chi connectivity index (χ0) is 25.5. The molecule has 9 nitrogen and oxygen atoms in total. The van der Waals surface area contributed by atoms with Gasteiger partial charge in [0.05, 0.1) is 36.7 Å². The molecule has 190 valence electrons. The van der Waals surface area contributed by atoms with Crippen LogP contribution in [-0.4, -0.2) is 75.3 Å². The van der Waals surface area contributed by atoms with E-state index in [-0.39, 0.29) is 18.0 Å². The number of anilines is 1. The van der Waals surface area contributed by atoms with Crippen molar-refractivity contribution in [3.8, 4) is 11.3 Å². The Bertz CT molecular complexity index is 1230. The number of pyridine rings is 1. The first-order valence-electron chi connectivity index (χ1n) is 12.2. The second-order valence-electron chi connectivity index (χ2n) is 8.56. The predicted octanol–water partition coefficient (Wildman–Crippen LogP) is 3.85. The minimum Gasteiger partial charge on any atom is -0.377 e. The number of hydrogen-bond acceptors (Lipinski definition) is 8. The summed E-state index contributed by atoms with van der Waals surface area (Å²) >= 11 is 1.49. The lowest BCUT2D eigenvalue weighted by atomic mass is 10.1. The molecule has 0 aromatic carbocycles. The molecule has 36 heavy (non-hydrogen) atoms. The largest absolute Gasteiger partial charge is 0.377 e. The second-order valence-corrected chi connectivity index (χ2v) is 9.49. The number of ether oxygens (including phenoxy) is 1. The molecule has 1 atom stereocenters. The summed E-state index contributed by atoms with van der Waals surface area (Å²) in [4.78, 5) is 25.1. The van der Waals surface area contributed by atoms with Crippen LogP contribution in [0.4, 0.5) is 5.82 Å². The van der Waals surface area contributed by atoms with Crippen molar-refractivity contribution in [2.24, 2.45) is 0 Å². The third kappa shape index (κ3) is 6.13. The van der Waals surface area contributed by atoms with E-state index in [0.29, 0.717) is 42.5 Å². The average molecular weight is 508 g/mol. The quantitative estimate of drug-likeness (QED) is 0.217. The zero-order valence-corrected chi connectivity index (χ0v) is 21.8. The smallest absolute Gasteiger partial charge is 0.251 e. The molecule has 1 amide bonds. The molecule has 3 aromatic rings. The summed E-state index contributed by atoms with van der Waals surface area (Å²) in [6.45, 7) is 13.8. The highest BCUT2D eigenvalue weighted by Crippen LogP contribution is 2.27. The molecule has 0 bridgehead atoms. The molecule has 10 heteroatoms. The summed E-state index contributed by atoms with van der Waals surface area (Å²) < 4.78 is 7.01. The Morgan fingerprint density at radius 3 is 2.83 bits per heavy atom. The summed E-state index contributed by atoms with van der Waals surface area (Å²) in [6.07, 6.45) is 7.19. The highest BCUT2D eigenvalue weighted by molar-refractivity contribution is 8.02. The third-order valence-electron chi connectivity index (χ3n) is 6.09. The number of carbonyl (C=O) groups is 1. The maximum Gasteiger partial charge on any atom is 0.251 e. The highest BCUT2D eigenvalue weighted by Gasteiger charge is 2.21. The standard InChI is InChI=1S/C26H33N7O2S/c1-5-8-11-36-24-9-10-33-25(31-24)21(15-28-33)22-12-19(13-23(30-22)29-20-16-35-17-20)26(34)27-14-18(4)32(6-2)7-3/h5,8-13,15,18,20H,1,6-7,14,16-17H2,2-4H3,(H,27,34)(H,29,30)/b11-8-/t18-/m0/s1. The number of rotatable bonds is 12. The number of allylic oxidation sites excluding steroid dienone is 2. The van der Waals surface area contributed by atoms with Crippen LogP contribution >= 0.6 is 11.8 Å². The number of thioether (sulfide) groups is 1. The lowest BCUT2D eigenvalue weighted by molar-refractivity contribution is 0.0209. The van der Waals surface area contributed by atoms with Crippen molar-refractivity contribution in [1.82, 2.24) is 29.8 Å². The first-order chi connectivity index (χ1) is 17.5. The first-order valence-corrected chi connectivity index (χ1v) is 13.1. The minimum atomic E-state index is -0.138. The Morgan fingerprint density at radius 1 is 1.33 bits per heavy atom. The number of carbonyl (C=O) groups excluding carboxylic acids is 1. The van der Waals surface area contributed by atoms with Crippen molar-refractivity contribution in [3.05, 3.63) is 60.3 Å². The SMILES string of the molecule is C=C/C=C\Sc1ccn2ncc(-c3cc(C(=O)NC[C@H](C)N(CC)CC)cc(NC4COC4)n3)c2n1. The van der Waals surface area contributed by atoms with Gasteiger partial charge in [-0.2, -0.15) is 5.10 Å². The molecule has 1 aliphatic heterocycles. The van der Waals surface area contributed by atoms with Crippen LogP contribution in [0.5, 0.6) is 0 Å². The zero-order valence-electron chi connectivity index (χ0n) is 21.0. The lowest BCUT2D eigenvalue weighted by Gasteiger charge is -2.28. The van der Waals surface area contributed by atoms with Crippen LogP contribution in [-0.2, 0) is 4.74 Å². The summed E-state index contributed by atoms with van der Waals surface area (Å²) in [6, 6.07) is 5.91. The van der Waals surface area contributed by atoms with Gasteiger partial charge in [-0.25, -0.2) is 14.5 Å². The summed E-state index contributed by atoms with van der Waals surface area (Å²) in [5.74, 6) is 0.488. The van der Waals surface area contributed by atoms with E-state index in [2.05, 4.69) is 48.0 Å². The molecule has 0 radical (unpaired) electrons. The molecular weight excluding hydrogens is 474 g/mol. The molecule has 0 saturated carbocycles. The van der Waals surface area contributed by atoms with E-state index in [4.69, 9.17) is 14.7 Å². The van der Waals surface area contributed by atoms with E-state index >= 15 is 0 Å². The van der Waals surface area contributed by atoms with Gasteiger partial charge < -0.3 is 15.4 Å². The molecule has 3 aromatic heterocycles. The fourth-order valence-corrected chi connectivity index (χ4v) is 4.59. The van der Waals surface area contributed by atoms with Gasteiger partial charge in [-0.1, -0.05) is 44.3 Å². The Hall–Kier alpha value is -3.21. The van der Waals surface area contributed by atoms with Gasteiger partial charge in [0.2, 0.25) is 0 Å². The van der Waals surface area contributed by atoms with Gasteiger partial charge in [0.15, 0.2) is 5.65 Å². The van der Waals surface area contributed by atoms with Gasteiger partial charge in [0.25, 0.3) is 5.91 Å². The number of aromatic nitrogens is 4. The van der Waals surface area contributed by atoms with Gasteiger partial charge in [-0.05, 0) is 43.6 Å². The first kappa shape index (κ1) is 25.9. The van der Waals surface area contributed by atoms with E-state index < -0.39 is 0 Å². The fourth-order valence-electron chi connectivity index (χ4n) is 3.98. The van der Waals surface area contributed by atoms with Crippen LogP contribution in [0.15, 0.2) is 59.8 Å². The second kappa shape index (κ2) is 12.2. The summed E-state index contributed by atoms with van der Waals surface area (Å²) in [5, 5.41) is 13.7. The maximum absolute atomic E-state index is 13.2. The Balaban J connectivity index is 1.64. The van der Waals surface area contributed by atoms with Gasteiger partial charge in [0, 0.05) is 24.3 Å². The Labute approximate surface area is 216 Å². The van der Waals surface area contributed by atoms with Crippen molar-refractivity contribution in [1.29, 1.82) is 0 Å². The number of nitrogens with one attached hydrogen (secondary N) is 2. The lowest BCUT2D eigenvalue weighted by Crippen LogP contribution is -2.42. The summed E-state index contributed by atoms with van der Waals surface area (Å²) in [5.41, 5.74) is 2.59. The fraction of sp³-hybridized carbons (Fsp3) is 0.385. The predicted molar refractivity (Wildman–Crippen MR) is 144 cm³/mol. The topological polar surface area (TPSA) is 96.7 Å². The van der Waals surface area contributed by atoms with E-state index in [9.17, 15) is 4.79 Å². The van der Waals surface area contributed by atoms with Crippen LogP contribution in [0.2, 0.25) is 0 Å². The molecular formula is C26H33N7O2S. The van der Waals surface area contributed by atoms with Crippen LogP contribution < -0.4 is 10.6 Å². The molecule has 4 rings (SSSR count). The van der Waals surface area contributed by atoms with Gasteiger partial charge in [-0.15, -0.1) is 0 Å². The average Bonchev–Trinajstić information content (AvgIpc) is 3.29. The normalized spacial score (nSPS) is 14.8. The molecule has 0 aliphatic carbocycles. The maximum atomic E-state index is 13.2. The monoisotopic (exact) mass is 507 g/mol. The molecule has 0 spiro atoms. The molecule has 1 fully saturated rings. The van der Waals surface area contributed by atoms with Crippen molar-refractivity contribution in [2.75, 3.05) is 38.2 Å². The molecule has 1 saturated heterocycles. The number of hydrogen-bond donors (Lipinski definition) is 2. The van der Waals surface area contributed by atoms with Crippen molar-refractivity contribution in [2.45, 2.75) is 37.9 Å². The van der Waals surface area contributed by atoms with Crippen molar-refractivity contribution < 1.29 is 9.53 Å². The molecule has 2 N–H and O–H groups in total. The highest BCUT2D eigenvalue weighted by atomic mass is 32.2. The van der Waals surface area contributed by atoms with Crippen LogP contribution in [0, 0.1) is 0 Å². The van der Waals surface area contributed by atoms with Gasteiger partial charge in [-0.3, -0.25) is 9.69 Å². The molecule has 1 aliphatic rings. The van der Waals surface area contributed by atoms with Crippen LogP contribution in [0.1, 0.15) is 31.1 Å². The Morgan fingerprint density at radius 2 is 2.14 bits per heavy atom. The minimum absolute atomic E-state index is 0.138. The Kier molecular flexibility index (Phi) is 8.74. The van der Waals surface area contributed by atoms with E-state index in [0.717, 1.165) is 23.7 Å². The van der Waals surface area contributed by atoms with Crippen LogP contribution in [0.25, 0.3) is 16.9 Å². The number of nitrogens with zero attached hydrogens (tertiary/aromatic N) is 5. The van der Waals surface area contributed by atoms with Gasteiger partial charge in [0.1, 0.15) is 10.8 Å². The van der Waals surface area contributed by atoms with Crippen molar-refractivity contribution >= 4 is 29.1 Å². The molecule has 0 unspecified atom stereocenters. The number of amides is 1. The molecule has 4 heterocycles. The van der Waals surface area contributed by atoms with Crippen molar-refractivity contribution in [3.63, 3.8) is 0 Å². The van der Waals surface area contributed by atoms with E-state index in [1.807, 2.05) is 23.7 Å². The number of fused-ring (bicyclic) bond motifs is 1. The van der Waals surface area contributed by atoms with Crippen LogP contribution in [0.3, 0.4) is 0 Å². The number of likely N-dealkylation sites (N-methyl/N-ethyl adjacent to an activating group) is 1. The van der Waals surface area contributed by atoms with Gasteiger partial charge >= 0.3 is 0 Å². The summed E-state index contributed by atoms with van der Waals surface area (Å²) in [7, 11) is 0. The van der Waals surface area contributed by atoms with E-state index in [1.54, 1.807) is 28.9 Å².